The van der Waals surface area contributed by atoms with Crippen molar-refractivity contribution < 1.29 is 32.6 Å². The molecule has 24 heavy (non-hydrogen) atoms. The number of amides is 2. The maximum Gasteiger partial charge on any atom is 0.573 e. The summed E-state index contributed by atoms with van der Waals surface area (Å²) in [5, 5.41) is 15.6. The van der Waals surface area contributed by atoms with Crippen molar-refractivity contribution in [3.63, 3.8) is 0 Å². The van der Waals surface area contributed by atoms with Gasteiger partial charge in [-0.1, -0.05) is 6.07 Å². The van der Waals surface area contributed by atoms with E-state index in [-0.39, 0.29) is 12.5 Å². The highest BCUT2D eigenvalue weighted by molar-refractivity contribution is 5.99. The van der Waals surface area contributed by atoms with Crippen LogP contribution in [-0.4, -0.2) is 36.0 Å². The molecule has 7 nitrogen and oxygen atoms in total. The molecule has 1 aliphatic rings. The Kier molecular flexibility index (Phi) is 5.27. The second kappa shape index (κ2) is 7.20. The van der Waals surface area contributed by atoms with E-state index in [0.29, 0.717) is 12.8 Å². The summed E-state index contributed by atoms with van der Waals surface area (Å²) >= 11 is 0. The molecule has 1 aromatic carbocycles. The summed E-state index contributed by atoms with van der Waals surface area (Å²) in [4.78, 5) is 23.3. The number of benzene rings is 1. The lowest BCUT2D eigenvalue weighted by Crippen LogP contribution is -2.28. The molecule has 1 unspecified atom stereocenters. The third-order valence-corrected chi connectivity index (χ3v) is 3.20. The molecule has 0 fully saturated rings. The predicted octanol–water partition coefficient (Wildman–Crippen LogP) is 1.53. The maximum absolute atomic E-state index is 12.3. The Morgan fingerprint density at radius 2 is 2.17 bits per heavy atom. The average Bonchev–Trinajstić information content (AvgIpc) is 2.87. The van der Waals surface area contributed by atoms with E-state index in [1.54, 1.807) is 0 Å². The molecule has 2 rings (SSSR count). The number of phenols is 1. The van der Waals surface area contributed by atoms with Gasteiger partial charge in [0.15, 0.2) is 0 Å². The molecule has 1 atom stereocenters. The summed E-state index contributed by atoms with van der Waals surface area (Å²) in [6, 6.07) is 3.14. The van der Waals surface area contributed by atoms with Crippen LogP contribution in [0.3, 0.4) is 0 Å². The van der Waals surface area contributed by atoms with Crippen molar-refractivity contribution >= 4 is 18.0 Å². The van der Waals surface area contributed by atoms with Crippen LogP contribution in [0.25, 0.3) is 0 Å². The van der Waals surface area contributed by atoms with Crippen molar-refractivity contribution in [3.05, 3.63) is 23.8 Å². The first-order valence-corrected chi connectivity index (χ1v) is 6.97. The van der Waals surface area contributed by atoms with E-state index in [1.807, 2.05) is 0 Å². The average molecular weight is 345 g/mol. The van der Waals surface area contributed by atoms with Crippen LogP contribution in [0.5, 0.6) is 11.5 Å². The van der Waals surface area contributed by atoms with E-state index in [9.17, 15) is 27.9 Å². The highest BCUT2D eigenvalue weighted by atomic mass is 19.4. The van der Waals surface area contributed by atoms with Crippen molar-refractivity contribution in [2.24, 2.45) is 11.0 Å². The van der Waals surface area contributed by atoms with Gasteiger partial charge in [0.25, 0.3) is 5.91 Å². The molecule has 0 bridgehead atoms. The van der Waals surface area contributed by atoms with E-state index < -0.39 is 35.2 Å². The minimum Gasteiger partial charge on any atom is -0.507 e. The number of hydrogen-bond donors (Lipinski definition) is 3. The molecule has 1 aromatic rings. The molecule has 0 radical (unpaired) electrons. The fourth-order valence-corrected chi connectivity index (χ4v) is 2.12. The van der Waals surface area contributed by atoms with E-state index in [1.165, 1.54) is 6.21 Å². The number of carbonyl (C=O) groups is 2. The number of ether oxygens (including phenoxy) is 1. The van der Waals surface area contributed by atoms with Gasteiger partial charge in [-0.3, -0.25) is 9.59 Å². The first-order valence-electron chi connectivity index (χ1n) is 6.97. The molecule has 3 N–H and O–H groups in total. The highest BCUT2D eigenvalue weighted by Gasteiger charge is 2.33. The normalized spacial score (nSPS) is 16.8. The zero-order valence-electron chi connectivity index (χ0n) is 12.3. The van der Waals surface area contributed by atoms with Gasteiger partial charge in [0.2, 0.25) is 5.91 Å². The van der Waals surface area contributed by atoms with Gasteiger partial charge < -0.3 is 15.2 Å². The molecule has 1 heterocycles. The standard InChI is InChI=1S/C14H14F3N3O4/c15-14(16,17)24-10-5-1-4-9(21)11(10)13(23)18-6-2-3-8-7-19-20-12(8)22/h1,4-5,7-8,21H,2-3,6H2,(H,18,23)(H,20,22). The fourth-order valence-electron chi connectivity index (χ4n) is 2.12. The van der Waals surface area contributed by atoms with Gasteiger partial charge in [0, 0.05) is 12.8 Å². The van der Waals surface area contributed by atoms with Crippen LogP contribution < -0.4 is 15.5 Å². The summed E-state index contributed by atoms with van der Waals surface area (Å²) in [5.74, 6) is -2.96. The van der Waals surface area contributed by atoms with Crippen LogP contribution in [0.2, 0.25) is 0 Å². The largest absolute Gasteiger partial charge is 0.573 e. The van der Waals surface area contributed by atoms with Crippen LogP contribution in [0.1, 0.15) is 23.2 Å². The predicted molar refractivity (Wildman–Crippen MR) is 76.5 cm³/mol. The molecule has 0 spiro atoms. The summed E-state index contributed by atoms with van der Waals surface area (Å²) in [6.45, 7) is 0.107. The number of halogens is 3. The lowest BCUT2D eigenvalue weighted by atomic mass is 10.0. The number of phenolic OH excluding ortho intramolecular Hbond substituents is 1. The molecule has 1 aliphatic heterocycles. The van der Waals surface area contributed by atoms with Crippen molar-refractivity contribution in [3.8, 4) is 11.5 Å². The van der Waals surface area contributed by atoms with E-state index >= 15 is 0 Å². The summed E-state index contributed by atoms with van der Waals surface area (Å²) < 4.78 is 40.8. The van der Waals surface area contributed by atoms with Crippen LogP contribution >= 0.6 is 0 Å². The molecule has 10 heteroatoms. The minimum absolute atomic E-state index is 0.107. The Balaban J connectivity index is 1.94. The topological polar surface area (TPSA) is 100 Å². The van der Waals surface area contributed by atoms with Crippen molar-refractivity contribution in [2.45, 2.75) is 19.2 Å². The van der Waals surface area contributed by atoms with Crippen molar-refractivity contribution in [2.75, 3.05) is 6.54 Å². The number of nitrogens with one attached hydrogen (secondary N) is 2. The second-order valence-electron chi connectivity index (χ2n) is 4.96. The Labute approximate surface area is 134 Å². The molecule has 0 aliphatic carbocycles. The van der Waals surface area contributed by atoms with Gasteiger partial charge in [0.1, 0.15) is 17.1 Å². The van der Waals surface area contributed by atoms with Crippen LogP contribution in [0.4, 0.5) is 13.2 Å². The highest BCUT2D eigenvalue weighted by Crippen LogP contribution is 2.31. The Bertz CT molecular complexity index is 661. The monoisotopic (exact) mass is 345 g/mol. The van der Waals surface area contributed by atoms with Crippen LogP contribution in [-0.2, 0) is 4.79 Å². The number of nitrogens with zero attached hydrogens (tertiary/aromatic N) is 1. The third-order valence-electron chi connectivity index (χ3n) is 3.20. The van der Waals surface area contributed by atoms with Gasteiger partial charge in [0.05, 0.1) is 5.92 Å². The van der Waals surface area contributed by atoms with Crippen LogP contribution in [0.15, 0.2) is 23.3 Å². The van der Waals surface area contributed by atoms with E-state index in [0.717, 1.165) is 18.2 Å². The number of rotatable bonds is 6. The minimum atomic E-state index is -4.99. The molecule has 0 aromatic heterocycles. The lowest BCUT2D eigenvalue weighted by molar-refractivity contribution is -0.274. The number of hydrazone groups is 1. The Morgan fingerprint density at radius 1 is 1.42 bits per heavy atom. The number of alkyl halides is 3. The maximum atomic E-state index is 12.3. The quantitative estimate of drug-likeness (QED) is 0.681. The van der Waals surface area contributed by atoms with E-state index in [2.05, 4.69) is 20.6 Å². The summed E-state index contributed by atoms with van der Waals surface area (Å²) in [7, 11) is 0. The SMILES string of the molecule is O=C(NCCCC1C=NNC1=O)c1c(O)cccc1OC(F)(F)F. The molecular formula is C14H14F3N3O4. The second-order valence-corrected chi connectivity index (χ2v) is 4.96. The molecule has 2 amide bonds. The summed E-state index contributed by atoms with van der Waals surface area (Å²) in [6.07, 6.45) is -2.72. The fraction of sp³-hybridized carbons (Fsp3) is 0.357. The van der Waals surface area contributed by atoms with Gasteiger partial charge in [-0.25, -0.2) is 5.43 Å². The first-order chi connectivity index (χ1) is 11.3. The molecule has 0 saturated heterocycles. The molecule has 130 valence electrons. The summed E-state index contributed by atoms with van der Waals surface area (Å²) in [5.41, 5.74) is 1.67. The molecule has 0 saturated carbocycles. The number of aromatic hydroxyl groups is 1. The van der Waals surface area contributed by atoms with Gasteiger partial charge in [-0.05, 0) is 25.0 Å². The van der Waals surface area contributed by atoms with Crippen molar-refractivity contribution in [1.29, 1.82) is 0 Å². The van der Waals surface area contributed by atoms with Gasteiger partial charge >= 0.3 is 6.36 Å². The Morgan fingerprint density at radius 3 is 2.79 bits per heavy atom. The lowest BCUT2D eigenvalue weighted by Gasteiger charge is -2.14. The van der Waals surface area contributed by atoms with Gasteiger partial charge in [-0.2, -0.15) is 5.10 Å². The first kappa shape index (κ1) is 17.6. The van der Waals surface area contributed by atoms with Crippen LogP contribution in [0, 0.1) is 5.92 Å². The molecular weight excluding hydrogens is 331 g/mol. The van der Waals surface area contributed by atoms with Gasteiger partial charge in [-0.15, -0.1) is 13.2 Å². The third kappa shape index (κ3) is 4.61. The van der Waals surface area contributed by atoms with E-state index in [4.69, 9.17) is 0 Å². The smallest absolute Gasteiger partial charge is 0.507 e. The zero-order valence-corrected chi connectivity index (χ0v) is 12.3. The number of carbonyl (C=O) groups excluding carboxylic acids is 2. The Hall–Kier alpha value is -2.78. The zero-order chi connectivity index (χ0) is 17.7. The number of hydrogen-bond acceptors (Lipinski definition) is 5. The van der Waals surface area contributed by atoms with Crippen molar-refractivity contribution in [1.82, 2.24) is 10.7 Å².